The molecule has 1 heterocycles. The number of carbonyl (C=O) groups is 1. The Morgan fingerprint density at radius 2 is 1.63 bits per heavy atom. The van der Waals surface area contributed by atoms with Crippen LogP contribution in [0.1, 0.15) is 50.7 Å². The lowest BCUT2D eigenvalue weighted by Gasteiger charge is -2.30. The Bertz CT molecular complexity index is 667. The number of guanidine groups is 1. The minimum Gasteiger partial charge on any atom is -0.357 e. The van der Waals surface area contributed by atoms with E-state index in [2.05, 4.69) is 64.0 Å². The fourth-order valence-electron chi connectivity index (χ4n) is 3.60. The molecule has 1 aromatic carbocycles. The number of aliphatic imine (C=N–C) groups is 1. The molecule has 6 nitrogen and oxygen atoms in total. The maximum absolute atomic E-state index is 11.7. The molecule has 0 spiro atoms. The average Bonchev–Trinajstić information content (AvgIpc) is 3.57. The first-order chi connectivity index (χ1) is 14.1. The number of benzene rings is 1. The number of nitrogens with one attached hydrogen (secondary N) is 3. The number of amides is 1. The summed E-state index contributed by atoms with van der Waals surface area (Å²) in [4.78, 5) is 18.9. The fourth-order valence-corrected chi connectivity index (χ4v) is 3.60. The third-order valence-corrected chi connectivity index (χ3v) is 5.73. The molecule has 1 amide bonds. The van der Waals surface area contributed by atoms with Gasteiger partial charge in [-0.15, -0.1) is 24.0 Å². The molecule has 0 radical (unpaired) electrons. The Labute approximate surface area is 198 Å². The summed E-state index contributed by atoms with van der Waals surface area (Å²) in [6, 6.07) is 8.84. The lowest BCUT2D eigenvalue weighted by molar-refractivity contribution is -0.122. The summed E-state index contributed by atoms with van der Waals surface area (Å²) in [5.74, 6) is 2.12. The zero-order valence-electron chi connectivity index (χ0n) is 18.5. The number of nitrogens with zero attached hydrogens (tertiary/aromatic N) is 2. The molecule has 168 valence electrons. The van der Waals surface area contributed by atoms with Crippen LogP contribution in [0.3, 0.4) is 0 Å². The van der Waals surface area contributed by atoms with Crippen LogP contribution >= 0.6 is 24.0 Å². The largest absolute Gasteiger partial charge is 0.357 e. The maximum Gasteiger partial charge on any atom is 0.223 e. The van der Waals surface area contributed by atoms with Crippen molar-refractivity contribution in [3.05, 3.63) is 35.4 Å². The smallest absolute Gasteiger partial charge is 0.223 e. The van der Waals surface area contributed by atoms with Crippen LogP contribution < -0.4 is 16.0 Å². The highest BCUT2D eigenvalue weighted by molar-refractivity contribution is 14.0. The second-order valence-corrected chi connectivity index (χ2v) is 8.46. The highest BCUT2D eigenvalue weighted by atomic mass is 127. The molecular formula is C23H38IN5O. The molecule has 7 heteroatoms. The number of piperidine rings is 1. The van der Waals surface area contributed by atoms with Crippen molar-refractivity contribution in [1.82, 2.24) is 20.9 Å². The normalized spacial score (nSPS) is 17.9. The van der Waals surface area contributed by atoms with Crippen LogP contribution in [0.2, 0.25) is 0 Å². The van der Waals surface area contributed by atoms with E-state index in [0.29, 0.717) is 19.6 Å². The fraction of sp³-hybridized carbons (Fsp3) is 0.652. The van der Waals surface area contributed by atoms with Crippen LogP contribution in [0.25, 0.3) is 0 Å². The van der Waals surface area contributed by atoms with Crippen molar-refractivity contribution in [3.63, 3.8) is 0 Å². The standard InChI is InChI=1S/C23H37N5O.HI/c1-3-24-23(26-13-12-25-22(29)21-8-9-21)27-16-19-4-6-20(7-5-19)17-28-14-10-18(2)11-15-28;/h4-7,18,21H,3,8-17H2,1-2H3,(H,25,29)(H2,24,26,27);1H. The molecule has 0 aromatic heterocycles. The molecule has 30 heavy (non-hydrogen) atoms. The number of carbonyl (C=O) groups excluding carboxylic acids is 1. The topological polar surface area (TPSA) is 68.8 Å². The lowest BCUT2D eigenvalue weighted by atomic mass is 9.99. The van der Waals surface area contributed by atoms with E-state index in [9.17, 15) is 4.79 Å². The van der Waals surface area contributed by atoms with E-state index >= 15 is 0 Å². The van der Waals surface area contributed by atoms with Crippen LogP contribution in [-0.4, -0.2) is 49.5 Å². The number of rotatable bonds is 9. The monoisotopic (exact) mass is 527 g/mol. The van der Waals surface area contributed by atoms with Gasteiger partial charge in [0.25, 0.3) is 0 Å². The highest BCUT2D eigenvalue weighted by Crippen LogP contribution is 2.28. The van der Waals surface area contributed by atoms with E-state index < -0.39 is 0 Å². The second-order valence-electron chi connectivity index (χ2n) is 8.46. The van der Waals surface area contributed by atoms with Gasteiger partial charge in [-0.3, -0.25) is 9.69 Å². The molecule has 2 fully saturated rings. The van der Waals surface area contributed by atoms with E-state index in [-0.39, 0.29) is 35.8 Å². The molecule has 3 N–H and O–H groups in total. The summed E-state index contributed by atoms with van der Waals surface area (Å²) in [5, 5.41) is 9.53. The first-order valence-electron chi connectivity index (χ1n) is 11.2. The quantitative estimate of drug-likeness (QED) is 0.200. The Morgan fingerprint density at radius 3 is 2.27 bits per heavy atom. The van der Waals surface area contributed by atoms with E-state index in [1.165, 1.54) is 37.1 Å². The minimum absolute atomic E-state index is 0. The van der Waals surface area contributed by atoms with Gasteiger partial charge in [0.15, 0.2) is 5.96 Å². The summed E-state index contributed by atoms with van der Waals surface area (Å²) >= 11 is 0. The zero-order valence-corrected chi connectivity index (χ0v) is 20.8. The van der Waals surface area contributed by atoms with Crippen LogP contribution in [-0.2, 0) is 17.9 Å². The molecule has 1 saturated heterocycles. The van der Waals surface area contributed by atoms with Crippen LogP contribution in [0.4, 0.5) is 0 Å². The van der Waals surface area contributed by atoms with Crippen molar-refractivity contribution in [2.45, 2.75) is 52.6 Å². The van der Waals surface area contributed by atoms with Crippen LogP contribution in [0.15, 0.2) is 29.3 Å². The summed E-state index contributed by atoms with van der Waals surface area (Å²) in [7, 11) is 0. The average molecular weight is 527 g/mol. The first-order valence-corrected chi connectivity index (χ1v) is 11.2. The summed E-state index contributed by atoms with van der Waals surface area (Å²) < 4.78 is 0. The van der Waals surface area contributed by atoms with Gasteiger partial charge in [-0.05, 0) is 62.7 Å². The summed E-state index contributed by atoms with van der Waals surface area (Å²) in [6.07, 6.45) is 4.72. The lowest BCUT2D eigenvalue weighted by Crippen LogP contribution is -2.41. The van der Waals surface area contributed by atoms with Gasteiger partial charge < -0.3 is 16.0 Å². The van der Waals surface area contributed by atoms with Crippen LogP contribution in [0.5, 0.6) is 0 Å². The Balaban J connectivity index is 0.00000320. The molecule has 1 aliphatic carbocycles. The van der Waals surface area contributed by atoms with Crippen molar-refractivity contribution in [2.75, 3.05) is 32.7 Å². The Hall–Kier alpha value is -1.35. The summed E-state index contributed by atoms with van der Waals surface area (Å²) in [5.41, 5.74) is 2.59. The van der Waals surface area contributed by atoms with Gasteiger partial charge in [0.2, 0.25) is 5.91 Å². The van der Waals surface area contributed by atoms with Gasteiger partial charge in [0.1, 0.15) is 0 Å². The van der Waals surface area contributed by atoms with E-state index in [0.717, 1.165) is 37.8 Å². The molecule has 1 aromatic rings. The highest BCUT2D eigenvalue weighted by Gasteiger charge is 2.28. The maximum atomic E-state index is 11.7. The van der Waals surface area contributed by atoms with Crippen molar-refractivity contribution >= 4 is 35.8 Å². The van der Waals surface area contributed by atoms with Crippen molar-refractivity contribution < 1.29 is 4.79 Å². The zero-order chi connectivity index (χ0) is 20.5. The minimum atomic E-state index is 0. The Morgan fingerprint density at radius 1 is 1.00 bits per heavy atom. The van der Waals surface area contributed by atoms with Crippen molar-refractivity contribution in [2.24, 2.45) is 16.8 Å². The summed E-state index contributed by atoms with van der Waals surface area (Å²) in [6.45, 7) is 10.7. The predicted molar refractivity (Wildman–Crippen MR) is 134 cm³/mol. The number of likely N-dealkylation sites (tertiary alicyclic amines) is 1. The van der Waals surface area contributed by atoms with Gasteiger partial charge in [-0.1, -0.05) is 31.2 Å². The van der Waals surface area contributed by atoms with Crippen LogP contribution in [0, 0.1) is 11.8 Å². The molecule has 0 atom stereocenters. The number of hydrogen-bond acceptors (Lipinski definition) is 3. The molecule has 2 aliphatic rings. The third kappa shape index (κ3) is 8.79. The van der Waals surface area contributed by atoms with Gasteiger partial charge in [0.05, 0.1) is 6.54 Å². The third-order valence-electron chi connectivity index (χ3n) is 5.73. The van der Waals surface area contributed by atoms with Gasteiger partial charge in [0, 0.05) is 32.1 Å². The Kier molecular flexibility index (Phi) is 10.9. The molecular weight excluding hydrogens is 489 g/mol. The molecule has 0 unspecified atom stereocenters. The van der Waals surface area contributed by atoms with E-state index in [1.807, 2.05) is 0 Å². The van der Waals surface area contributed by atoms with Crippen molar-refractivity contribution in [1.29, 1.82) is 0 Å². The number of halogens is 1. The number of hydrogen-bond donors (Lipinski definition) is 3. The predicted octanol–water partition coefficient (Wildman–Crippen LogP) is 3.12. The van der Waals surface area contributed by atoms with E-state index in [1.54, 1.807) is 0 Å². The molecule has 1 saturated carbocycles. The van der Waals surface area contributed by atoms with E-state index in [4.69, 9.17) is 0 Å². The van der Waals surface area contributed by atoms with Gasteiger partial charge >= 0.3 is 0 Å². The molecule has 1 aliphatic heterocycles. The molecule has 3 rings (SSSR count). The van der Waals surface area contributed by atoms with Gasteiger partial charge in [-0.25, -0.2) is 4.99 Å². The second kappa shape index (κ2) is 13.1. The SMILES string of the molecule is CCNC(=NCc1ccc(CN2CCC(C)CC2)cc1)NCCNC(=O)C1CC1.I. The molecule has 0 bridgehead atoms. The van der Waals surface area contributed by atoms with Crippen molar-refractivity contribution in [3.8, 4) is 0 Å². The first kappa shape index (κ1) is 24.9. The van der Waals surface area contributed by atoms with Gasteiger partial charge in [-0.2, -0.15) is 0 Å².